The average Bonchev–Trinajstić information content (AvgIpc) is 3.87. The molecule has 3 heteroatoms. The van der Waals surface area contributed by atoms with Crippen LogP contribution in [0.3, 0.4) is 0 Å². The molecule has 4 aromatic carbocycles. The fraction of sp³-hybridized carbons (Fsp3) is 0.441. The van der Waals surface area contributed by atoms with Crippen molar-refractivity contribution in [2.24, 2.45) is 16.7 Å². The fourth-order valence-electron chi connectivity index (χ4n) is 8.47. The molecule has 62 heavy (non-hydrogen) atoms. The van der Waals surface area contributed by atoms with Crippen molar-refractivity contribution in [3.8, 4) is 11.1 Å². The minimum atomic E-state index is -0.0202. The molecule has 4 aliphatic carbocycles. The van der Waals surface area contributed by atoms with E-state index in [-0.39, 0.29) is 57.3 Å². The first-order chi connectivity index (χ1) is 27.6. The van der Waals surface area contributed by atoms with Crippen LogP contribution in [-0.4, -0.2) is 4.21 Å². The normalized spacial score (nSPS) is 17.0. The monoisotopic (exact) mass is 944 g/mol. The third-order valence-electron chi connectivity index (χ3n) is 11.8. The van der Waals surface area contributed by atoms with Gasteiger partial charge in [0.2, 0.25) is 0 Å². The number of halogens is 2. The standard InChI is InChI=1S/C31H37.2C10H13.C7H9.CH2.2ClH.Zr/c1-28(2,3)26-16-30(7,8)24-12-18-11-19-13-25-23(15-21(19)20(18)14-22(24)26)27(29(4,5)6)17-31(25,9)10;2*1-10(2,3)9-7-5-4-6-8-9;1-6-3-4-7(2)5-6;;;;/h12-16H,11H2,1-10H3;2*5-8H,1-3H3;3,5,7H,1-2H3;1H2;2*1H;/q4*-1;;;;. The Balaban J connectivity index is 0.000000348. The van der Waals surface area contributed by atoms with E-state index in [9.17, 15) is 0 Å². The Morgan fingerprint density at radius 1 is 0.597 bits per heavy atom. The van der Waals surface area contributed by atoms with Gasteiger partial charge in [0, 0.05) is 5.41 Å². The zero-order valence-electron chi connectivity index (χ0n) is 41.5. The molecule has 1 atom stereocenters. The van der Waals surface area contributed by atoms with Crippen molar-refractivity contribution in [3.05, 3.63) is 165 Å². The number of hydrogen-bond donors (Lipinski definition) is 0. The molecule has 0 nitrogen and oxygen atoms in total. The molecule has 334 valence electrons. The van der Waals surface area contributed by atoms with Crippen LogP contribution in [0.15, 0.2) is 96.6 Å². The predicted molar refractivity (Wildman–Crippen MR) is 275 cm³/mol. The van der Waals surface area contributed by atoms with E-state index in [1.54, 1.807) is 0 Å². The number of hydrogen-bond acceptors (Lipinski definition) is 0. The quantitative estimate of drug-likeness (QED) is 0.136. The maximum absolute atomic E-state index is 3.85. The van der Waals surface area contributed by atoms with Gasteiger partial charge in [-0.25, -0.2) is 17.2 Å². The first-order valence-electron chi connectivity index (χ1n) is 21.9. The van der Waals surface area contributed by atoms with Gasteiger partial charge in [0.15, 0.2) is 0 Å². The van der Waals surface area contributed by atoms with Crippen LogP contribution in [0.1, 0.15) is 169 Å². The van der Waals surface area contributed by atoms with E-state index < -0.39 is 0 Å². The van der Waals surface area contributed by atoms with Crippen molar-refractivity contribution in [1.82, 2.24) is 0 Å². The van der Waals surface area contributed by atoms with E-state index in [0.29, 0.717) is 5.92 Å². The molecule has 0 fully saturated rings. The third-order valence-corrected chi connectivity index (χ3v) is 11.8. The molecule has 0 bridgehead atoms. The summed E-state index contributed by atoms with van der Waals surface area (Å²) in [6, 6.07) is 32.3. The van der Waals surface area contributed by atoms with Crippen LogP contribution in [0.4, 0.5) is 0 Å². The summed E-state index contributed by atoms with van der Waals surface area (Å²) in [5, 5.41) is 0. The molecule has 0 N–H and O–H groups in total. The Labute approximate surface area is 407 Å². The molecule has 0 aliphatic heterocycles. The molecule has 0 saturated carbocycles. The fourth-order valence-corrected chi connectivity index (χ4v) is 8.47. The Morgan fingerprint density at radius 2 is 1.03 bits per heavy atom. The third kappa shape index (κ3) is 13.4. The van der Waals surface area contributed by atoms with Crippen molar-refractivity contribution >= 4 is 40.2 Å². The average molecular weight is 947 g/mol. The van der Waals surface area contributed by atoms with Gasteiger partial charge in [0.25, 0.3) is 0 Å². The molecule has 0 radical (unpaired) electrons. The van der Waals surface area contributed by atoms with E-state index in [2.05, 4.69) is 214 Å². The second kappa shape index (κ2) is 21.0. The van der Waals surface area contributed by atoms with Crippen LogP contribution in [0.5, 0.6) is 0 Å². The Hall–Kier alpha value is -2.83. The summed E-state index contributed by atoms with van der Waals surface area (Å²) < 4.78 is 3.34. The molecular formula is C59H76Cl2Zr-4. The summed E-state index contributed by atoms with van der Waals surface area (Å²) in [6.07, 6.45) is 14.8. The van der Waals surface area contributed by atoms with E-state index in [1.165, 1.54) is 96.6 Å². The van der Waals surface area contributed by atoms with Gasteiger partial charge < -0.3 is 0 Å². The Morgan fingerprint density at radius 3 is 1.37 bits per heavy atom. The van der Waals surface area contributed by atoms with Gasteiger partial charge in [-0.3, -0.25) is 12.2 Å². The zero-order chi connectivity index (χ0) is 45.2. The molecule has 0 spiro atoms. The second-order valence-electron chi connectivity index (χ2n) is 22.3. The molecule has 1 unspecified atom stereocenters. The first-order valence-corrected chi connectivity index (χ1v) is 23.6. The van der Waals surface area contributed by atoms with Crippen molar-refractivity contribution in [3.63, 3.8) is 0 Å². The van der Waals surface area contributed by atoms with Crippen LogP contribution in [0.2, 0.25) is 0 Å². The number of allylic oxidation sites excluding steroid dienone is 8. The van der Waals surface area contributed by atoms with Gasteiger partial charge in [0.05, 0.1) is 0 Å². The van der Waals surface area contributed by atoms with Crippen LogP contribution < -0.4 is 0 Å². The molecule has 8 rings (SSSR count). The summed E-state index contributed by atoms with van der Waals surface area (Å²) in [5.74, 6) is 0.556. The van der Waals surface area contributed by atoms with Gasteiger partial charge in [-0.15, -0.1) is 43.4 Å². The molecular weight excluding hydrogens is 871 g/mol. The van der Waals surface area contributed by atoms with Crippen molar-refractivity contribution in [2.45, 2.75) is 153 Å². The summed E-state index contributed by atoms with van der Waals surface area (Å²) in [5.41, 5.74) is 19.5. The summed E-state index contributed by atoms with van der Waals surface area (Å²) >= 11 is 1.30. The number of rotatable bonds is 0. The van der Waals surface area contributed by atoms with E-state index in [4.69, 9.17) is 0 Å². The Kier molecular flexibility index (Phi) is 18.7. The van der Waals surface area contributed by atoms with Crippen molar-refractivity contribution in [1.29, 1.82) is 0 Å². The summed E-state index contributed by atoms with van der Waals surface area (Å²) in [4.78, 5) is 0. The van der Waals surface area contributed by atoms with Gasteiger partial charge in [-0.1, -0.05) is 147 Å². The zero-order valence-corrected chi connectivity index (χ0v) is 45.6. The SMILES string of the molecule is CC(C)(C)C1=[C-]C(C)(C)c2cc3c(cc21)-c1cc2c(cc1C3)C(C)(C)C=C2C(C)(C)C.CC(C)(C)c1cc[c-]cc1.CC(C)(C)c1cc[c-]cc1.CC1=CC(C)[C-]=C1.Cl.Cl.[CH2]=[Zr]. The molecule has 0 amide bonds. The first kappa shape index (κ1) is 55.3. The summed E-state index contributed by atoms with van der Waals surface area (Å²) in [6.45, 7) is 40.8. The van der Waals surface area contributed by atoms with E-state index >= 15 is 0 Å². The number of fused-ring (bicyclic) bond motifs is 5. The van der Waals surface area contributed by atoms with Crippen LogP contribution in [0.25, 0.3) is 22.3 Å². The van der Waals surface area contributed by atoms with Crippen molar-refractivity contribution in [2.75, 3.05) is 0 Å². The maximum atomic E-state index is 3.85. The molecule has 0 heterocycles. The van der Waals surface area contributed by atoms with Gasteiger partial charge in [0.1, 0.15) is 0 Å². The summed E-state index contributed by atoms with van der Waals surface area (Å²) in [7, 11) is 0. The van der Waals surface area contributed by atoms with Gasteiger partial charge in [-0.05, 0) is 73.1 Å². The topological polar surface area (TPSA) is 0 Å². The minimum absolute atomic E-state index is 0. The number of benzene rings is 4. The molecule has 4 aliphatic rings. The predicted octanol–water partition coefficient (Wildman–Crippen LogP) is 16.8. The van der Waals surface area contributed by atoms with Crippen LogP contribution in [0, 0.1) is 41.0 Å². The van der Waals surface area contributed by atoms with Crippen molar-refractivity contribution < 1.29 is 24.2 Å². The van der Waals surface area contributed by atoms with Gasteiger partial charge in [-0.2, -0.15) is 83.4 Å². The van der Waals surface area contributed by atoms with E-state index in [0.717, 1.165) is 6.42 Å². The van der Waals surface area contributed by atoms with Crippen LogP contribution >= 0.6 is 24.8 Å². The molecule has 0 aromatic heterocycles. The molecule has 0 saturated heterocycles. The second-order valence-corrected chi connectivity index (χ2v) is 22.3. The Bertz CT molecular complexity index is 2110. The van der Waals surface area contributed by atoms with Gasteiger partial charge >= 0.3 is 28.4 Å². The molecule has 4 aromatic rings. The van der Waals surface area contributed by atoms with E-state index in [1.807, 2.05) is 30.3 Å². The van der Waals surface area contributed by atoms with Crippen LogP contribution in [-0.2, 0) is 52.3 Å².